The molecule has 4 aromatic heterocycles. The topological polar surface area (TPSA) is 51.6 Å². The van der Waals surface area contributed by atoms with E-state index in [0.29, 0.717) is 0 Å². The van der Waals surface area contributed by atoms with E-state index >= 15 is 0 Å². The second-order valence-electron chi connectivity index (χ2n) is 9.97. The van der Waals surface area contributed by atoms with Crippen molar-refractivity contribution in [2.24, 2.45) is 0 Å². The summed E-state index contributed by atoms with van der Waals surface area (Å²) in [6.07, 6.45) is 3.64. The summed E-state index contributed by atoms with van der Waals surface area (Å²) in [7, 11) is 0. The molecule has 0 spiro atoms. The lowest BCUT2D eigenvalue weighted by Gasteiger charge is -2.11. The minimum atomic E-state index is 0.893. The van der Waals surface area contributed by atoms with Crippen molar-refractivity contribution in [1.82, 2.24) is 19.9 Å². The van der Waals surface area contributed by atoms with Gasteiger partial charge in [-0.15, -0.1) is 0 Å². The number of pyridine rings is 4. The number of rotatable bonds is 3. The van der Waals surface area contributed by atoms with Crippen LogP contribution in [0.25, 0.3) is 77.3 Å². The lowest BCUT2D eigenvalue weighted by molar-refractivity contribution is 1.36. The molecule has 0 saturated heterocycles. The Kier molecular flexibility index (Phi) is 5.10. The van der Waals surface area contributed by atoms with Gasteiger partial charge in [-0.2, -0.15) is 0 Å². The first-order valence-electron chi connectivity index (χ1n) is 13.3. The molecule has 186 valence electrons. The van der Waals surface area contributed by atoms with Gasteiger partial charge in [0, 0.05) is 45.1 Å². The molecule has 8 aromatic rings. The molecule has 0 unspecified atom stereocenters. The van der Waals surface area contributed by atoms with Gasteiger partial charge >= 0.3 is 0 Å². The molecule has 0 aliphatic carbocycles. The molecule has 0 atom stereocenters. The van der Waals surface area contributed by atoms with Crippen molar-refractivity contribution in [2.75, 3.05) is 0 Å². The minimum absolute atomic E-state index is 0.893. The molecule has 0 saturated carbocycles. The second-order valence-corrected chi connectivity index (χ2v) is 9.97. The van der Waals surface area contributed by atoms with Gasteiger partial charge in [0.15, 0.2) is 0 Å². The highest BCUT2D eigenvalue weighted by Gasteiger charge is 2.12. The van der Waals surface area contributed by atoms with E-state index in [-0.39, 0.29) is 0 Å². The Balaban J connectivity index is 1.25. The average Bonchev–Trinajstić information content (AvgIpc) is 3.03. The standard InChI is InChI=1S/C36H22N4/c1-2-6-23(7-3-1)31-16-14-24-10-12-26(21-33(24)39-31)27-13-11-25-15-17-32(40-34(25)22-27)30-20-28-8-4-18-37-35(28)36-29(30)9-5-19-38-36/h1-22H. The van der Waals surface area contributed by atoms with Crippen LogP contribution < -0.4 is 0 Å². The average molecular weight is 511 g/mol. The van der Waals surface area contributed by atoms with E-state index < -0.39 is 0 Å². The molecule has 4 aromatic carbocycles. The lowest BCUT2D eigenvalue weighted by Crippen LogP contribution is -1.91. The molecule has 40 heavy (non-hydrogen) atoms. The van der Waals surface area contributed by atoms with E-state index in [0.717, 1.165) is 77.3 Å². The largest absolute Gasteiger partial charge is 0.254 e. The first-order valence-corrected chi connectivity index (χ1v) is 13.3. The van der Waals surface area contributed by atoms with Crippen LogP contribution in [0.1, 0.15) is 0 Å². The van der Waals surface area contributed by atoms with Crippen LogP contribution in [0.15, 0.2) is 134 Å². The van der Waals surface area contributed by atoms with Crippen LogP contribution in [0.3, 0.4) is 0 Å². The number of hydrogen-bond donors (Lipinski definition) is 0. The quantitative estimate of drug-likeness (QED) is 0.223. The minimum Gasteiger partial charge on any atom is -0.254 e. The summed E-state index contributed by atoms with van der Waals surface area (Å²) in [5, 5.41) is 4.32. The van der Waals surface area contributed by atoms with Gasteiger partial charge in [-0.3, -0.25) is 9.97 Å². The monoisotopic (exact) mass is 510 g/mol. The fourth-order valence-corrected chi connectivity index (χ4v) is 5.50. The van der Waals surface area contributed by atoms with Crippen molar-refractivity contribution in [1.29, 1.82) is 0 Å². The lowest BCUT2D eigenvalue weighted by atomic mass is 9.99. The van der Waals surface area contributed by atoms with Gasteiger partial charge in [0.2, 0.25) is 0 Å². The molecule has 4 heterocycles. The number of nitrogens with zero attached hydrogens (tertiary/aromatic N) is 4. The van der Waals surface area contributed by atoms with Gasteiger partial charge < -0.3 is 0 Å². The van der Waals surface area contributed by atoms with Crippen LogP contribution >= 0.6 is 0 Å². The predicted octanol–water partition coefficient (Wildman–Crippen LogP) is 8.88. The zero-order valence-corrected chi connectivity index (χ0v) is 21.5. The van der Waals surface area contributed by atoms with Crippen molar-refractivity contribution in [3.63, 3.8) is 0 Å². The summed E-state index contributed by atoms with van der Waals surface area (Å²) in [5.41, 5.74) is 10.0. The Morgan fingerprint density at radius 3 is 1.77 bits per heavy atom. The fourth-order valence-electron chi connectivity index (χ4n) is 5.50. The van der Waals surface area contributed by atoms with Crippen molar-refractivity contribution in [2.45, 2.75) is 0 Å². The molecular weight excluding hydrogens is 488 g/mol. The highest BCUT2D eigenvalue weighted by atomic mass is 14.7. The van der Waals surface area contributed by atoms with E-state index in [1.807, 2.05) is 42.7 Å². The first-order chi connectivity index (χ1) is 19.8. The first kappa shape index (κ1) is 22.5. The summed E-state index contributed by atoms with van der Waals surface area (Å²) in [6.45, 7) is 0. The molecular formula is C36H22N4. The highest BCUT2D eigenvalue weighted by Crippen LogP contribution is 2.34. The number of aromatic nitrogens is 4. The third kappa shape index (κ3) is 3.77. The molecule has 0 bridgehead atoms. The van der Waals surface area contributed by atoms with E-state index in [1.54, 1.807) is 0 Å². The maximum atomic E-state index is 5.14. The van der Waals surface area contributed by atoms with Crippen molar-refractivity contribution in [3.05, 3.63) is 134 Å². The maximum Gasteiger partial charge on any atom is 0.0971 e. The van der Waals surface area contributed by atoms with Crippen molar-refractivity contribution < 1.29 is 0 Å². The molecule has 0 radical (unpaired) electrons. The van der Waals surface area contributed by atoms with E-state index in [4.69, 9.17) is 9.97 Å². The molecule has 0 aliphatic heterocycles. The summed E-state index contributed by atoms with van der Waals surface area (Å²) in [6, 6.07) is 42.0. The molecule has 0 fully saturated rings. The van der Waals surface area contributed by atoms with E-state index in [9.17, 15) is 0 Å². The van der Waals surface area contributed by atoms with Crippen LogP contribution in [0.2, 0.25) is 0 Å². The molecule has 4 heteroatoms. The Hall–Kier alpha value is -5.48. The van der Waals surface area contributed by atoms with Gasteiger partial charge in [0.05, 0.1) is 33.5 Å². The zero-order valence-electron chi connectivity index (χ0n) is 21.5. The highest BCUT2D eigenvalue weighted by molar-refractivity contribution is 6.10. The molecule has 4 nitrogen and oxygen atoms in total. The molecule has 8 rings (SSSR count). The number of benzene rings is 4. The van der Waals surface area contributed by atoms with Crippen LogP contribution in [-0.2, 0) is 0 Å². The van der Waals surface area contributed by atoms with Gasteiger partial charge in [0.25, 0.3) is 0 Å². The molecule has 0 amide bonds. The van der Waals surface area contributed by atoms with Crippen LogP contribution in [-0.4, -0.2) is 19.9 Å². The normalized spacial score (nSPS) is 11.5. The van der Waals surface area contributed by atoms with E-state index in [2.05, 4.69) is 101 Å². The van der Waals surface area contributed by atoms with Gasteiger partial charge in [0.1, 0.15) is 0 Å². The predicted molar refractivity (Wildman–Crippen MR) is 164 cm³/mol. The van der Waals surface area contributed by atoms with E-state index in [1.165, 1.54) is 0 Å². The summed E-state index contributed by atoms with van der Waals surface area (Å²) in [5.74, 6) is 0. The van der Waals surface area contributed by atoms with Gasteiger partial charge in [-0.05, 0) is 53.6 Å². The summed E-state index contributed by atoms with van der Waals surface area (Å²) >= 11 is 0. The third-order valence-corrected chi connectivity index (χ3v) is 7.52. The Morgan fingerprint density at radius 2 is 1.02 bits per heavy atom. The third-order valence-electron chi connectivity index (χ3n) is 7.52. The smallest absolute Gasteiger partial charge is 0.0971 e. The Bertz CT molecular complexity index is 2220. The number of hydrogen-bond acceptors (Lipinski definition) is 4. The zero-order chi connectivity index (χ0) is 26.5. The van der Waals surface area contributed by atoms with Crippen molar-refractivity contribution in [3.8, 4) is 33.6 Å². The van der Waals surface area contributed by atoms with Gasteiger partial charge in [-0.25, -0.2) is 9.97 Å². The summed E-state index contributed by atoms with van der Waals surface area (Å²) < 4.78 is 0. The van der Waals surface area contributed by atoms with Gasteiger partial charge in [-0.1, -0.05) is 78.9 Å². The van der Waals surface area contributed by atoms with Crippen LogP contribution in [0.5, 0.6) is 0 Å². The van der Waals surface area contributed by atoms with Crippen LogP contribution in [0.4, 0.5) is 0 Å². The molecule has 0 N–H and O–H groups in total. The SMILES string of the molecule is c1ccc(-c2ccc3ccc(-c4ccc5ccc(-c6cc7cccnc7c7ncccc67)nc5c4)cc3n2)cc1. The maximum absolute atomic E-state index is 5.14. The van der Waals surface area contributed by atoms with Crippen molar-refractivity contribution >= 4 is 43.6 Å². The summed E-state index contributed by atoms with van der Waals surface area (Å²) in [4.78, 5) is 19.4. The van der Waals surface area contributed by atoms with Crippen LogP contribution in [0, 0.1) is 0 Å². The Labute approximate surface area is 230 Å². The molecule has 0 aliphatic rings. The Morgan fingerprint density at radius 1 is 0.400 bits per heavy atom. The second kappa shape index (κ2) is 9.07. The fraction of sp³-hybridized carbons (Fsp3) is 0. The number of fused-ring (bicyclic) bond motifs is 5.